The summed E-state index contributed by atoms with van der Waals surface area (Å²) in [5.41, 5.74) is -4.84. The van der Waals surface area contributed by atoms with E-state index in [0.29, 0.717) is 9.80 Å². The van der Waals surface area contributed by atoms with Crippen molar-refractivity contribution in [1.29, 1.82) is 0 Å². The second-order valence-electron chi connectivity index (χ2n) is 25.5. The van der Waals surface area contributed by atoms with Gasteiger partial charge in [0.05, 0.1) is 35.1 Å². The topological polar surface area (TPSA) is 292 Å². The van der Waals surface area contributed by atoms with Crippen molar-refractivity contribution >= 4 is 122 Å². The van der Waals surface area contributed by atoms with Gasteiger partial charge in [-0.3, -0.25) is 19.6 Å². The summed E-state index contributed by atoms with van der Waals surface area (Å²) < 4.78 is 476. The van der Waals surface area contributed by atoms with Crippen LogP contribution in [0.3, 0.4) is 0 Å². The highest BCUT2D eigenvalue weighted by molar-refractivity contribution is 6.70. The Bertz CT molecular complexity index is 4480. The molecule has 0 aromatic heterocycles. The number of nitrogens with zero attached hydrogens (tertiary/aromatic N) is 7. The van der Waals surface area contributed by atoms with Crippen molar-refractivity contribution in [2.75, 3.05) is 222 Å². The molecule has 0 aliphatic carbocycles. The molecule has 0 radical (unpaired) electrons. The maximum absolute atomic E-state index is 12.6. The lowest BCUT2D eigenvalue weighted by atomic mass is 10.2. The van der Waals surface area contributed by atoms with Gasteiger partial charge in [0.2, 0.25) is 0 Å². The number of rotatable bonds is 12. The lowest BCUT2D eigenvalue weighted by molar-refractivity contribution is -0.0295. The van der Waals surface area contributed by atoms with Crippen LogP contribution in [-0.4, -0.2) is 341 Å². The summed E-state index contributed by atoms with van der Waals surface area (Å²) in [4.78, 5) is 58.3. The molecule has 0 saturated carbocycles. The third-order valence-electron chi connectivity index (χ3n) is 8.29. The second kappa shape index (κ2) is 61.9. The predicted octanol–water partition coefficient (Wildman–Crippen LogP) is 8.76. The van der Waals surface area contributed by atoms with E-state index in [0.717, 1.165) is 13.2 Å². The van der Waals surface area contributed by atoms with E-state index in [1.807, 2.05) is 19.6 Å². The maximum Gasteiger partial charge on any atom is 0.519 e. The molecule has 103 heavy (non-hydrogen) atoms. The third-order valence-corrected chi connectivity index (χ3v) is 10.1. The van der Waals surface area contributed by atoms with Crippen LogP contribution in [-0.2, 0) is 42.0 Å². The summed E-state index contributed by atoms with van der Waals surface area (Å²) in [7, 11) is -4.85. The van der Waals surface area contributed by atoms with Crippen molar-refractivity contribution in [2.24, 2.45) is 0 Å². The van der Waals surface area contributed by atoms with E-state index in [-0.39, 0.29) is 95.7 Å². The summed E-state index contributed by atoms with van der Waals surface area (Å²) in [5.74, 6) is 0. The van der Waals surface area contributed by atoms with Crippen molar-refractivity contribution in [3.8, 4) is 0 Å². The molecule has 0 aromatic carbocycles. The fourth-order valence-electron chi connectivity index (χ4n) is 4.89. The van der Waals surface area contributed by atoms with Crippen LogP contribution in [0.1, 0.15) is 193 Å². The minimum atomic E-state index is -3.78. The first-order valence-electron chi connectivity index (χ1n) is 57.4. The first-order chi connectivity index (χ1) is 65.8. The molecule has 3 amide bonds. The van der Waals surface area contributed by atoms with Gasteiger partial charge in [0.15, 0.2) is 16.6 Å². The van der Waals surface area contributed by atoms with Gasteiger partial charge in [0, 0.05) is 263 Å². The van der Waals surface area contributed by atoms with Crippen molar-refractivity contribution < 1.29 is 153 Å². The van der Waals surface area contributed by atoms with Gasteiger partial charge in [-0.2, -0.15) is 0 Å². The zero-order chi connectivity index (χ0) is 124. The summed E-state index contributed by atoms with van der Waals surface area (Å²) in [5, 5.41) is 26.1. The van der Waals surface area contributed by atoms with Gasteiger partial charge < -0.3 is 93.5 Å². The van der Waals surface area contributed by atoms with E-state index in [1.54, 1.807) is 62.8 Å². The van der Waals surface area contributed by atoms with E-state index < -0.39 is 287 Å². The van der Waals surface area contributed by atoms with E-state index in [4.69, 9.17) is 119 Å². The first kappa shape index (κ1) is 45.0. The number of hydrogen-bond donors (Lipinski definition) is 7. The van der Waals surface area contributed by atoms with E-state index in [9.17, 15) is 29.1 Å². The fraction of sp³-hybridized carbons (Fsp3) is 0.925. The van der Waals surface area contributed by atoms with Gasteiger partial charge in [-0.05, 0) is 156 Å². The Kier molecular flexibility index (Phi) is 27.0. The number of hydrogen-bond acceptors (Lipinski definition) is 25. The molecule has 7 heterocycles. The molecule has 0 aromatic rings. The van der Waals surface area contributed by atoms with Crippen molar-refractivity contribution in [2.45, 2.75) is 184 Å². The molecule has 7 aliphatic rings. The van der Waals surface area contributed by atoms with Crippen LogP contribution in [0.2, 0.25) is 39.3 Å². The molecule has 0 bridgehead atoms. The summed E-state index contributed by atoms with van der Waals surface area (Å²) in [6.07, 6.45) is -4.23. The highest BCUT2D eigenvalue weighted by atomic mass is 35.5. The smallest absolute Gasteiger partial charge is 0.444 e. The molecule has 7 aliphatic heterocycles. The van der Waals surface area contributed by atoms with E-state index in [2.05, 4.69) is 4.74 Å². The normalized spacial score (nSPS) is 38.0. The van der Waals surface area contributed by atoms with Crippen LogP contribution in [0.15, 0.2) is 0 Å². The summed E-state index contributed by atoms with van der Waals surface area (Å²) >= 11 is 0. The van der Waals surface area contributed by atoms with E-state index in [1.165, 1.54) is 100 Å². The molecule has 7 fully saturated rings. The maximum atomic E-state index is 12.6. The Morgan fingerprint density at radius 1 is 0.398 bits per heavy atom. The van der Waals surface area contributed by atoms with Gasteiger partial charge in [0.25, 0.3) is 0 Å². The molecule has 0 spiro atoms. The number of carbonyl (C=O) groups excluding carboxylic acids is 5. The molecule has 7 rings (SSSR count). The van der Waals surface area contributed by atoms with Crippen molar-refractivity contribution in [1.82, 2.24) is 60.9 Å². The number of ether oxygens (including phenoxy) is 7. The van der Waals surface area contributed by atoms with Gasteiger partial charge >= 0.3 is 30.6 Å². The number of halogens is 6. The minimum Gasteiger partial charge on any atom is -0.444 e. The SMILES string of the molecule is C1CCOC1.CC(C)(C)OC(=O)OC(=O)OC(C)(C)C.Cl.Cl.Cl.Cl.Cl.Cl.[2H]C([2H])(O)C([2H])([2H])N1C([2H])([2H])C([2H])([2H])NC([2H])([2H])C1([2H])[2H].[2H]C([2H])(O[Si](C)(C)C)C([2H])([2H])N1C([2H])([2H])C([2H])([2H])N(C(=O)OC(C)(C)C)C([2H])([2H])C1([2H])[2H].[2H]C1([2H])N(CCO[Si](C)(C)C)C([2H])([2H])C([2H])([2H])N(C(=O)OC(C)(C)C)C1([2H])[2H].[2H]C1([2H])NC([2H])([2H])C([2H])([2H])N(C(=O)OC(C)(C)C)C1([2H])[2H].[2H]C1([2H])NC([2H])([2H])C([2H])([2H])N(CCO)C1([2H])[2H].[2H]C1([2H])NC([2H])([2H])C([2H])([2H])NC1([2H])[2H]. The second-order valence-corrected chi connectivity index (χ2v) is 34.5. The zero-order valence-corrected chi connectivity index (χ0v) is 68.2. The van der Waals surface area contributed by atoms with Crippen molar-refractivity contribution in [3.63, 3.8) is 0 Å². The van der Waals surface area contributed by atoms with Gasteiger partial charge in [-0.1, -0.05) is 0 Å². The van der Waals surface area contributed by atoms with Crippen LogP contribution < -0.4 is 26.6 Å². The molecule has 0 atom stereocenters. The molecule has 7 saturated heterocycles. The third kappa shape index (κ3) is 74.1. The number of aliphatic hydroxyl groups is 2. The predicted molar refractivity (Wildman–Crippen MR) is 433 cm³/mol. The molecular weight excluding hydrogens is 1500 g/mol. The number of nitrogens with one attached hydrogen (secondary N) is 5. The number of aliphatic hydroxyl groups excluding tert-OH is 1. The van der Waals surface area contributed by atoms with Gasteiger partial charge in [-0.25, -0.2) is 24.0 Å². The van der Waals surface area contributed by atoms with Crippen LogP contribution in [0.4, 0.5) is 24.0 Å². The average molecular weight is 1700 g/mol. The number of piperazine rings is 6. The van der Waals surface area contributed by atoms with Crippen LogP contribution in [0.25, 0.3) is 0 Å². The quantitative estimate of drug-likeness (QED) is 0.0416. The van der Waals surface area contributed by atoms with Crippen LogP contribution in [0, 0.1) is 0 Å². The number of carbonyl (C=O) groups is 5. The lowest BCUT2D eigenvalue weighted by Crippen LogP contribution is -2.50. The number of amides is 3. The lowest BCUT2D eigenvalue weighted by Gasteiger charge is -2.35. The Hall–Kier alpha value is -1.84. The molecule has 0 unspecified atom stereocenters. The Morgan fingerprint density at radius 3 is 0.990 bits per heavy atom. The summed E-state index contributed by atoms with van der Waals surface area (Å²) in [6, 6.07) is 0. The Labute approximate surface area is 740 Å². The van der Waals surface area contributed by atoms with E-state index >= 15 is 0 Å². The molecule has 7 N–H and O–H groups in total. The highest BCUT2D eigenvalue weighted by Gasteiger charge is 2.29. The van der Waals surface area contributed by atoms with Crippen molar-refractivity contribution in [3.05, 3.63) is 0 Å². The zero-order valence-electron chi connectivity index (χ0n) is 117. The monoisotopic (exact) mass is 1700 g/mol. The number of β-amino-alcohol motifs (C(OH)–C–C–N with tert-alkyl or cyclic N) is 2. The van der Waals surface area contributed by atoms with Crippen LogP contribution in [0.5, 0.6) is 0 Å². The molecular formula is C67H148Cl6N12O16Si2. The molecule has 622 valence electrons. The summed E-state index contributed by atoms with van der Waals surface area (Å²) in [6.45, 7) is -56.3. The first-order valence-corrected chi connectivity index (χ1v) is 36.2. The highest BCUT2D eigenvalue weighted by Crippen LogP contribution is 2.16. The van der Waals surface area contributed by atoms with Crippen LogP contribution >= 0.6 is 74.4 Å². The largest absolute Gasteiger partial charge is 0.519 e. The molecule has 36 heteroatoms. The van der Waals surface area contributed by atoms with Gasteiger partial charge in [-0.15, -0.1) is 74.4 Å². The fourth-order valence-corrected chi connectivity index (χ4v) is 5.95. The molecule has 28 nitrogen and oxygen atoms in total. The average Bonchev–Trinajstić information content (AvgIpc) is 1.22. The Morgan fingerprint density at radius 2 is 0.689 bits per heavy atom. The van der Waals surface area contributed by atoms with Gasteiger partial charge in [0.1, 0.15) is 28.0 Å². The Balaban J connectivity index is -0.000000339. The standard InChI is InChI=1S/2C14H30N2O3Si.C10H18O5.C9H18N2O2.2C6H14N2O.C4H10N2.C4H8O.6ClH/c2*1-14(2,3)19-13(17)16-9-7-15(8-10-16)11-12-18-20(4,5)6;1-9(2,3)14-7(11)13-8(12)15-10(4,5)6;1-9(2,3)13-8(12)11-6-4-10-5-7-11;2*9-6-5-8-3-1-7-2-4-8;1-2-6-4-3-5-1;1-2-4-5-3-1;;;;;;/h2*7-12H2,1-6H3;1-6H3;10H,4-7H2,1-3H3;2*7,9H,1-6H2;5-6H,1-4H2;1-4H2;6*1H/i7D2,8D2,9D2,10D2,11D2,12D2;7D2,8D2,9D2,10D2;;4D2,5D2,6D2,7D2;1D2,2D2,3D2,4D2,5D2,6D2;2*1D2,2D2,3D2,4D2;;;;;;;. The minimum absolute atomic E-state index is 0.